The third kappa shape index (κ3) is 4.96. The summed E-state index contributed by atoms with van der Waals surface area (Å²) < 4.78 is 4.71. The van der Waals surface area contributed by atoms with Gasteiger partial charge in [0.05, 0.1) is 33.7 Å². The second-order valence-electron chi connectivity index (χ2n) is 5.69. The number of unbranched alkanes of at least 4 members (excludes halogenated alkanes) is 3. The zero-order chi connectivity index (χ0) is 17.5. The van der Waals surface area contributed by atoms with E-state index in [9.17, 15) is 4.79 Å². The first kappa shape index (κ1) is 17.3. The molecule has 0 spiro atoms. The van der Waals surface area contributed by atoms with E-state index >= 15 is 0 Å². The Hall–Kier alpha value is -2.54. The lowest BCUT2D eigenvalue weighted by molar-refractivity contribution is 0.154. The molecule has 6 nitrogen and oxygen atoms in total. The monoisotopic (exact) mass is 356 g/mol. The summed E-state index contributed by atoms with van der Waals surface area (Å²) in [6.45, 7) is 0.400. The summed E-state index contributed by atoms with van der Waals surface area (Å²) in [6.07, 6.45) is 7.92. The molecule has 0 atom stereocenters. The van der Waals surface area contributed by atoms with E-state index in [1.54, 1.807) is 17.5 Å². The van der Waals surface area contributed by atoms with Crippen LogP contribution in [0, 0.1) is 0 Å². The van der Waals surface area contributed by atoms with Crippen molar-refractivity contribution in [2.45, 2.75) is 32.1 Å². The number of benzene rings is 1. The first-order valence-corrected chi connectivity index (χ1v) is 9.13. The Balaban J connectivity index is 1.49. The van der Waals surface area contributed by atoms with Gasteiger partial charge in [0.2, 0.25) is 0 Å². The van der Waals surface area contributed by atoms with Crippen molar-refractivity contribution in [2.75, 3.05) is 6.61 Å². The third-order valence-corrected chi connectivity index (χ3v) is 4.86. The lowest BCUT2D eigenvalue weighted by atomic mass is 10.1. The molecule has 0 aliphatic rings. The zero-order valence-electron chi connectivity index (χ0n) is 13.9. The number of hydrogen-bond donors (Lipinski definition) is 1. The number of fused-ring (bicyclic) bond motifs is 1. The lowest BCUT2D eigenvalue weighted by Gasteiger charge is -2.01. The number of primary amides is 1. The molecule has 2 heterocycles. The fourth-order valence-corrected chi connectivity index (χ4v) is 3.44. The number of rotatable bonds is 8. The highest BCUT2D eigenvalue weighted by Crippen LogP contribution is 2.26. The maximum atomic E-state index is 10.4. The summed E-state index contributed by atoms with van der Waals surface area (Å²) in [7, 11) is 0. The third-order valence-electron chi connectivity index (χ3n) is 3.78. The summed E-state index contributed by atoms with van der Waals surface area (Å²) >= 11 is 1.67. The van der Waals surface area contributed by atoms with Gasteiger partial charge in [0.25, 0.3) is 0 Å². The normalized spacial score (nSPS) is 10.9. The Morgan fingerprint density at radius 2 is 1.84 bits per heavy atom. The number of ether oxygens (including phenoxy) is 1. The van der Waals surface area contributed by atoms with Crippen molar-refractivity contribution >= 4 is 28.5 Å². The van der Waals surface area contributed by atoms with Crippen molar-refractivity contribution in [3.05, 3.63) is 41.7 Å². The molecule has 0 bridgehead atoms. The number of nitrogens with zero attached hydrogens (tertiary/aromatic N) is 3. The second-order valence-corrected chi connectivity index (χ2v) is 6.81. The Bertz CT molecular complexity index is 850. The molecule has 1 amide bonds. The van der Waals surface area contributed by atoms with Gasteiger partial charge in [-0.05, 0) is 31.4 Å². The molecule has 25 heavy (non-hydrogen) atoms. The molecule has 130 valence electrons. The van der Waals surface area contributed by atoms with Gasteiger partial charge in [0.1, 0.15) is 5.69 Å². The molecule has 0 aliphatic carbocycles. The van der Waals surface area contributed by atoms with E-state index in [-0.39, 0.29) is 0 Å². The molecule has 2 aromatic heterocycles. The van der Waals surface area contributed by atoms with Crippen LogP contribution in [0.5, 0.6) is 0 Å². The van der Waals surface area contributed by atoms with Gasteiger partial charge in [-0.15, -0.1) is 11.3 Å². The number of carbonyl (C=O) groups is 1. The fraction of sp³-hybridized carbons (Fsp3) is 0.333. The van der Waals surface area contributed by atoms with Crippen molar-refractivity contribution in [3.63, 3.8) is 0 Å². The van der Waals surface area contributed by atoms with E-state index in [1.807, 2.05) is 30.5 Å². The van der Waals surface area contributed by atoms with Gasteiger partial charge in [-0.1, -0.05) is 25.0 Å². The minimum absolute atomic E-state index is 0.400. The zero-order valence-corrected chi connectivity index (χ0v) is 14.7. The topological polar surface area (TPSA) is 91.0 Å². The molecular formula is C18H20N4O2S. The lowest BCUT2D eigenvalue weighted by Crippen LogP contribution is -2.13. The molecule has 1 aromatic carbocycles. The van der Waals surface area contributed by atoms with Crippen LogP contribution in [0.4, 0.5) is 4.79 Å². The van der Waals surface area contributed by atoms with Crippen LogP contribution < -0.4 is 5.73 Å². The molecule has 0 saturated heterocycles. The van der Waals surface area contributed by atoms with Crippen LogP contribution in [0.3, 0.4) is 0 Å². The van der Waals surface area contributed by atoms with E-state index in [4.69, 9.17) is 10.5 Å². The van der Waals surface area contributed by atoms with Crippen LogP contribution in [0.2, 0.25) is 0 Å². The number of aryl methyl sites for hydroxylation is 1. The molecule has 3 aromatic rings. The van der Waals surface area contributed by atoms with Crippen LogP contribution in [0.1, 0.15) is 30.7 Å². The van der Waals surface area contributed by atoms with E-state index in [2.05, 4.69) is 15.0 Å². The summed E-state index contributed by atoms with van der Waals surface area (Å²) in [5, 5.41) is 1.11. The number of thiazole rings is 1. The van der Waals surface area contributed by atoms with Crippen LogP contribution in [-0.4, -0.2) is 27.7 Å². The highest BCUT2D eigenvalue weighted by molar-refractivity contribution is 7.15. The van der Waals surface area contributed by atoms with E-state index < -0.39 is 6.09 Å². The van der Waals surface area contributed by atoms with Crippen molar-refractivity contribution in [1.29, 1.82) is 0 Å². The van der Waals surface area contributed by atoms with Crippen LogP contribution in [-0.2, 0) is 11.2 Å². The van der Waals surface area contributed by atoms with E-state index in [1.165, 1.54) is 0 Å². The second kappa shape index (κ2) is 8.53. The molecule has 0 aliphatic heterocycles. The molecular weight excluding hydrogens is 336 g/mol. The number of carbonyl (C=O) groups excluding carboxylic acids is 1. The van der Waals surface area contributed by atoms with Crippen LogP contribution in [0.25, 0.3) is 21.6 Å². The first-order chi connectivity index (χ1) is 12.2. The molecule has 0 radical (unpaired) electrons. The van der Waals surface area contributed by atoms with Gasteiger partial charge >= 0.3 is 6.09 Å². The summed E-state index contributed by atoms with van der Waals surface area (Å²) in [5.74, 6) is 0. The molecule has 0 unspecified atom stereocenters. The van der Waals surface area contributed by atoms with Crippen molar-refractivity contribution < 1.29 is 9.53 Å². The average Bonchev–Trinajstić information content (AvgIpc) is 3.09. The number of nitrogens with two attached hydrogens (primary N) is 1. The van der Waals surface area contributed by atoms with E-state index in [0.717, 1.165) is 58.7 Å². The number of hydrogen-bond acceptors (Lipinski definition) is 6. The molecule has 0 saturated carbocycles. The predicted octanol–water partition coefficient (Wildman–Crippen LogP) is 3.95. The van der Waals surface area contributed by atoms with Gasteiger partial charge in [0.15, 0.2) is 0 Å². The van der Waals surface area contributed by atoms with Gasteiger partial charge < -0.3 is 10.5 Å². The molecule has 7 heteroatoms. The number of amides is 1. The Morgan fingerprint density at radius 1 is 1.04 bits per heavy atom. The highest BCUT2D eigenvalue weighted by Gasteiger charge is 2.07. The summed E-state index contributed by atoms with van der Waals surface area (Å²) in [5.41, 5.74) is 7.58. The van der Waals surface area contributed by atoms with Crippen LogP contribution in [0.15, 0.2) is 36.7 Å². The Morgan fingerprint density at radius 3 is 2.68 bits per heavy atom. The standard InChI is InChI=1S/C18H20N4O2S/c19-18(23)24-10-6-2-1-3-9-17-21-12-16(25-17)15-11-20-13-7-4-5-8-14(13)22-15/h4-5,7-8,11-12H,1-3,6,9-10H2,(H2,19,23). The minimum atomic E-state index is -0.702. The molecule has 3 rings (SSSR count). The Labute approximate surface area is 150 Å². The summed E-state index contributed by atoms with van der Waals surface area (Å²) in [6, 6.07) is 7.85. The summed E-state index contributed by atoms with van der Waals surface area (Å²) in [4.78, 5) is 25.1. The van der Waals surface area contributed by atoms with E-state index in [0.29, 0.717) is 6.61 Å². The van der Waals surface area contributed by atoms with Gasteiger partial charge in [-0.25, -0.2) is 14.8 Å². The van der Waals surface area contributed by atoms with Gasteiger partial charge in [0, 0.05) is 6.20 Å². The van der Waals surface area contributed by atoms with Gasteiger partial charge in [-0.3, -0.25) is 4.98 Å². The largest absolute Gasteiger partial charge is 0.450 e. The van der Waals surface area contributed by atoms with Gasteiger partial charge in [-0.2, -0.15) is 0 Å². The molecule has 2 N–H and O–H groups in total. The van der Waals surface area contributed by atoms with Crippen molar-refractivity contribution in [1.82, 2.24) is 15.0 Å². The maximum Gasteiger partial charge on any atom is 0.404 e. The fourth-order valence-electron chi connectivity index (χ4n) is 2.52. The smallest absolute Gasteiger partial charge is 0.404 e. The van der Waals surface area contributed by atoms with Crippen molar-refractivity contribution in [2.24, 2.45) is 5.73 Å². The maximum absolute atomic E-state index is 10.4. The quantitative estimate of drug-likeness (QED) is 0.617. The number of aromatic nitrogens is 3. The minimum Gasteiger partial charge on any atom is -0.450 e. The highest BCUT2D eigenvalue weighted by atomic mass is 32.1. The number of para-hydroxylation sites is 2. The van der Waals surface area contributed by atoms with Crippen molar-refractivity contribution in [3.8, 4) is 10.6 Å². The van der Waals surface area contributed by atoms with Crippen LogP contribution >= 0.6 is 11.3 Å². The SMILES string of the molecule is NC(=O)OCCCCCCc1ncc(-c2cnc3ccccc3n2)s1. The first-order valence-electron chi connectivity index (χ1n) is 8.31. The average molecular weight is 356 g/mol. The Kier molecular flexibility index (Phi) is 5.90. The molecule has 0 fully saturated rings. The predicted molar refractivity (Wildman–Crippen MR) is 98.4 cm³/mol.